The second kappa shape index (κ2) is 7.98. The molecule has 1 N–H and O–H groups in total. The Kier molecular flexibility index (Phi) is 5.71. The van der Waals surface area contributed by atoms with E-state index in [-0.39, 0.29) is 12.5 Å². The Bertz CT molecular complexity index is 774. The number of carbonyl (C=O) groups excluding carboxylic acids is 1. The van der Waals surface area contributed by atoms with E-state index in [1.54, 1.807) is 18.2 Å². The summed E-state index contributed by atoms with van der Waals surface area (Å²) in [5.41, 5.74) is 3.02. The zero-order valence-electron chi connectivity index (χ0n) is 14.0. The van der Waals surface area contributed by atoms with Crippen LogP contribution < -0.4 is 15.0 Å². The second-order valence-electron chi connectivity index (χ2n) is 6.08. The molecule has 132 valence electrons. The molecule has 1 fully saturated rings. The van der Waals surface area contributed by atoms with Crippen LogP contribution in [-0.4, -0.2) is 25.6 Å². The molecule has 6 heteroatoms. The van der Waals surface area contributed by atoms with Gasteiger partial charge < -0.3 is 15.0 Å². The quantitative estimate of drug-likeness (QED) is 0.802. The third kappa shape index (κ3) is 4.39. The van der Waals surface area contributed by atoms with Gasteiger partial charge in [-0.3, -0.25) is 4.79 Å². The van der Waals surface area contributed by atoms with Crippen molar-refractivity contribution in [3.05, 3.63) is 52.0 Å². The lowest BCUT2D eigenvalue weighted by Gasteiger charge is -2.19. The van der Waals surface area contributed by atoms with E-state index in [4.69, 9.17) is 27.9 Å². The van der Waals surface area contributed by atoms with Crippen LogP contribution in [0.3, 0.4) is 0 Å². The first-order valence-corrected chi connectivity index (χ1v) is 9.02. The van der Waals surface area contributed by atoms with Crippen LogP contribution >= 0.6 is 23.2 Å². The fourth-order valence-electron chi connectivity index (χ4n) is 2.89. The lowest BCUT2D eigenvalue weighted by Crippen LogP contribution is -2.21. The number of nitrogens with one attached hydrogen (secondary N) is 1. The third-order valence-corrected chi connectivity index (χ3v) is 5.03. The van der Waals surface area contributed by atoms with Gasteiger partial charge in [0.25, 0.3) is 5.91 Å². The fraction of sp³-hybridized carbons (Fsp3) is 0.316. The fourth-order valence-corrected chi connectivity index (χ4v) is 3.23. The van der Waals surface area contributed by atoms with Gasteiger partial charge >= 0.3 is 0 Å². The van der Waals surface area contributed by atoms with E-state index < -0.39 is 0 Å². The smallest absolute Gasteiger partial charge is 0.262 e. The van der Waals surface area contributed by atoms with E-state index in [0.29, 0.717) is 15.8 Å². The average Bonchev–Trinajstić information content (AvgIpc) is 3.12. The molecule has 25 heavy (non-hydrogen) atoms. The van der Waals surface area contributed by atoms with E-state index >= 15 is 0 Å². The van der Waals surface area contributed by atoms with Crippen molar-refractivity contribution in [3.8, 4) is 5.75 Å². The van der Waals surface area contributed by atoms with Crippen LogP contribution in [0.25, 0.3) is 0 Å². The summed E-state index contributed by atoms with van der Waals surface area (Å²) in [6.45, 7) is 4.05. The summed E-state index contributed by atoms with van der Waals surface area (Å²) < 4.78 is 5.46. The molecule has 3 rings (SSSR count). The molecule has 0 saturated carbocycles. The molecule has 1 aliphatic heterocycles. The first-order valence-electron chi connectivity index (χ1n) is 8.27. The first-order chi connectivity index (χ1) is 12.0. The maximum atomic E-state index is 12.2. The van der Waals surface area contributed by atoms with Crippen molar-refractivity contribution >= 4 is 40.5 Å². The molecule has 0 unspecified atom stereocenters. The Morgan fingerprint density at radius 1 is 1.20 bits per heavy atom. The van der Waals surface area contributed by atoms with Crippen molar-refractivity contribution in [2.75, 3.05) is 29.9 Å². The number of nitrogens with zero attached hydrogens (tertiary/aromatic N) is 1. The van der Waals surface area contributed by atoms with E-state index in [9.17, 15) is 4.79 Å². The van der Waals surface area contributed by atoms with Gasteiger partial charge in [-0.25, -0.2) is 0 Å². The molecule has 0 atom stereocenters. The number of ether oxygens (including phenoxy) is 1. The molecule has 0 radical (unpaired) electrons. The van der Waals surface area contributed by atoms with Crippen molar-refractivity contribution in [2.45, 2.75) is 19.8 Å². The summed E-state index contributed by atoms with van der Waals surface area (Å²) in [5, 5.41) is 3.58. The summed E-state index contributed by atoms with van der Waals surface area (Å²) >= 11 is 12.0. The molecule has 0 aliphatic carbocycles. The topological polar surface area (TPSA) is 41.6 Å². The van der Waals surface area contributed by atoms with Crippen LogP contribution in [0.5, 0.6) is 5.75 Å². The minimum absolute atomic E-state index is 0.132. The van der Waals surface area contributed by atoms with Gasteiger partial charge in [-0.2, -0.15) is 0 Å². The van der Waals surface area contributed by atoms with Crippen LogP contribution in [0.15, 0.2) is 36.4 Å². The molecular formula is C19H20Cl2N2O2. The van der Waals surface area contributed by atoms with Crippen molar-refractivity contribution in [3.63, 3.8) is 0 Å². The maximum absolute atomic E-state index is 12.2. The number of amides is 1. The van der Waals surface area contributed by atoms with Crippen LogP contribution in [0.1, 0.15) is 18.4 Å². The summed E-state index contributed by atoms with van der Waals surface area (Å²) in [6.07, 6.45) is 2.47. The summed E-state index contributed by atoms with van der Waals surface area (Å²) in [7, 11) is 0. The highest BCUT2D eigenvalue weighted by atomic mass is 35.5. The predicted molar refractivity (Wildman–Crippen MR) is 103 cm³/mol. The van der Waals surface area contributed by atoms with E-state index in [2.05, 4.69) is 16.3 Å². The third-order valence-electron chi connectivity index (χ3n) is 4.23. The van der Waals surface area contributed by atoms with Gasteiger partial charge in [-0.05, 0) is 55.7 Å². The number of aryl methyl sites for hydroxylation is 1. The Labute approximate surface area is 157 Å². The second-order valence-corrected chi connectivity index (χ2v) is 6.87. The number of hydrogen-bond acceptors (Lipinski definition) is 3. The largest absolute Gasteiger partial charge is 0.482 e. The Hall–Kier alpha value is -1.91. The number of hydrogen-bond donors (Lipinski definition) is 1. The molecule has 1 aliphatic rings. The standard InChI is InChI=1S/C19H20Cl2N2O2/c1-13-11-14(23-9-2-3-10-23)7-8-16(13)22-18(24)12-25-17-6-4-5-15(20)19(17)21/h4-8,11H,2-3,9-10,12H2,1H3,(H,22,24). The van der Waals surface area contributed by atoms with Crippen LogP contribution in [0.2, 0.25) is 10.0 Å². The predicted octanol–water partition coefficient (Wildman–Crippen LogP) is 4.92. The SMILES string of the molecule is Cc1cc(N2CCCC2)ccc1NC(=O)COc1cccc(Cl)c1Cl. The highest BCUT2D eigenvalue weighted by Crippen LogP contribution is 2.31. The average molecular weight is 379 g/mol. The molecule has 0 aromatic heterocycles. The molecule has 0 spiro atoms. The number of rotatable bonds is 5. The zero-order chi connectivity index (χ0) is 17.8. The van der Waals surface area contributed by atoms with Crippen molar-refractivity contribution in [1.29, 1.82) is 0 Å². The first kappa shape index (κ1) is 17.9. The molecule has 4 nitrogen and oxygen atoms in total. The van der Waals surface area contributed by atoms with Crippen LogP contribution in [0, 0.1) is 6.92 Å². The van der Waals surface area contributed by atoms with Crippen molar-refractivity contribution < 1.29 is 9.53 Å². The molecular weight excluding hydrogens is 359 g/mol. The normalized spacial score (nSPS) is 13.8. The maximum Gasteiger partial charge on any atom is 0.262 e. The van der Waals surface area contributed by atoms with Gasteiger partial charge in [0.2, 0.25) is 0 Å². The lowest BCUT2D eigenvalue weighted by molar-refractivity contribution is -0.118. The van der Waals surface area contributed by atoms with Gasteiger partial charge in [0.1, 0.15) is 10.8 Å². The van der Waals surface area contributed by atoms with E-state index in [1.165, 1.54) is 18.5 Å². The molecule has 2 aromatic carbocycles. The highest BCUT2D eigenvalue weighted by Gasteiger charge is 2.14. The Balaban J connectivity index is 1.60. The summed E-state index contributed by atoms with van der Waals surface area (Å²) in [6, 6.07) is 11.2. The molecule has 1 amide bonds. The van der Waals surface area contributed by atoms with E-state index in [1.807, 2.05) is 19.1 Å². The molecule has 1 saturated heterocycles. The lowest BCUT2D eigenvalue weighted by atomic mass is 10.1. The summed E-state index contributed by atoms with van der Waals surface area (Å²) in [5.74, 6) is 0.151. The molecule has 0 bridgehead atoms. The monoisotopic (exact) mass is 378 g/mol. The summed E-state index contributed by atoms with van der Waals surface area (Å²) in [4.78, 5) is 14.5. The van der Waals surface area contributed by atoms with Gasteiger partial charge in [0.15, 0.2) is 6.61 Å². The highest BCUT2D eigenvalue weighted by molar-refractivity contribution is 6.42. The van der Waals surface area contributed by atoms with Crippen molar-refractivity contribution in [2.24, 2.45) is 0 Å². The zero-order valence-corrected chi connectivity index (χ0v) is 15.5. The minimum Gasteiger partial charge on any atom is -0.482 e. The van der Waals surface area contributed by atoms with Gasteiger partial charge in [0.05, 0.1) is 5.02 Å². The van der Waals surface area contributed by atoms with Crippen molar-refractivity contribution in [1.82, 2.24) is 0 Å². The Morgan fingerprint density at radius 2 is 1.96 bits per heavy atom. The number of halogens is 2. The van der Waals surface area contributed by atoms with Crippen LogP contribution in [-0.2, 0) is 4.79 Å². The number of anilines is 2. The van der Waals surface area contributed by atoms with Crippen LogP contribution in [0.4, 0.5) is 11.4 Å². The van der Waals surface area contributed by atoms with E-state index in [0.717, 1.165) is 24.3 Å². The molecule has 2 aromatic rings. The molecule has 1 heterocycles. The number of benzene rings is 2. The Morgan fingerprint density at radius 3 is 2.68 bits per heavy atom. The van der Waals surface area contributed by atoms with Gasteiger partial charge in [-0.1, -0.05) is 29.3 Å². The minimum atomic E-state index is -0.243. The van der Waals surface area contributed by atoms with Gasteiger partial charge in [-0.15, -0.1) is 0 Å². The van der Waals surface area contributed by atoms with Gasteiger partial charge in [0, 0.05) is 24.5 Å². The number of carbonyl (C=O) groups is 1.